The molecule has 0 spiro atoms. The van der Waals surface area contributed by atoms with Crippen molar-refractivity contribution < 1.29 is 4.42 Å². The molecule has 0 aliphatic heterocycles. The molecule has 2 aromatic rings. The summed E-state index contributed by atoms with van der Waals surface area (Å²) >= 11 is 3.45. The molecule has 3 unspecified atom stereocenters. The molecule has 1 heterocycles. The van der Waals surface area contributed by atoms with Gasteiger partial charge in [-0.2, -0.15) is 0 Å². The van der Waals surface area contributed by atoms with Gasteiger partial charge in [-0.05, 0) is 49.1 Å². The Morgan fingerprint density at radius 2 is 2.21 bits per heavy atom. The van der Waals surface area contributed by atoms with Gasteiger partial charge in [0.25, 0.3) is 0 Å². The third-order valence-corrected chi connectivity index (χ3v) is 5.31. The minimum atomic E-state index is 0.663. The van der Waals surface area contributed by atoms with E-state index in [9.17, 15) is 0 Å². The number of oxazole rings is 1. The highest BCUT2D eigenvalue weighted by Gasteiger charge is 2.39. The standard InChI is InChI=1S/C15H17BrN2O/c16-11-6-12(17)15-13(7-11)18-14(19-15)5-10-4-8-1-2-9(10)3-8/h6-10H,1-5,17H2. The minimum Gasteiger partial charge on any atom is -0.439 e. The van der Waals surface area contributed by atoms with E-state index in [1.54, 1.807) is 0 Å². The van der Waals surface area contributed by atoms with Crippen molar-refractivity contribution in [2.75, 3.05) is 5.73 Å². The molecule has 4 rings (SSSR count). The number of halogens is 1. The first-order chi connectivity index (χ1) is 9.19. The fraction of sp³-hybridized carbons (Fsp3) is 0.533. The SMILES string of the molecule is Nc1cc(Br)cc2nc(CC3CC4CCC3C4)oc12. The maximum atomic E-state index is 5.98. The summed E-state index contributed by atoms with van der Waals surface area (Å²) < 4.78 is 6.82. The van der Waals surface area contributed by atoms with Crippen LogP contribution in [-0.4, -0.2) is 4.98 Å². The molecule has 0 amide bonds. The summed E-state index contributed by atoms with van der Waals surface area (Å²) in [4.78, 5) is 4.60. The van der Waals surface area contributed by atoms with E-state index in [2.05, 4.69) is 20.9 Å². The van der Waals surface area contributed by atoms with Crippen LogP contribution in [0.3, 0.4) is 0 Å². The Balaban J connectivity index is 1.63. The third kappa shape index (κ3) is 1.97. The lowest BCUT2D eigenvalue weighted by molar-refractivity contribution is 0.310. The van der Waals surface area contributed by atoms with Crippen LogP contribution in [0.2, 0.25) is 0 Å². The predicted molar refractivity (Wildman–Crippen MR) is 78.8 cm³/mol. The Morgan fingerprint density at radius 1 is 1.32 bits per heavy atom. The second-order valence-electron chi connectivity index (χ2n) is 6.09. The lowest BCUT2D eigenvalue weighted by Crippen LogP contribution is -2.13. The third-order valence-electron chi connectivity index (χ3n) is 4.85. The number of nitrogens with zero attached hydrogens (tertiary/aromatic N) is 1. The van der Waals surface area contributed by atoms with Gasteiger partial charge >= 0.3 is 0 Å². The van der Waals surface area contributed by atoms with Crippen molar-refractivity contribution >= 4 is 32.7 Å². The highest BCUT2D eigenvalue weighted by molar-refractivity contribution is 9.10. The number of nitrogen functional groups attached to an aromatic ring is 1. The van der Waals surface area contributed by atoms with Gasteiger partial charge in [0.2, 0.25) is 0 Å². The van der Waals surface area contributed by atoms with E-state index in [1.165, 1.54) is 25.7 Å². The Hall–Kier alpha value is -1.03. The Labute approximate surface area is 120 Å². The maximum Gasteiger partial charge on any atom is 0.195 e. The second-order valence-corrected chi connectivity index (χ2v) is 7.01. The fourth-order valence-corrected chi connectivity index (χ4v) is 4.47. The molecule has 2 N–H and O–H groups in total. The van der Waals surface area contributed by atoms with E-state index >= 15 is 0 Å². The van der Waals surface area contributed by atoms with Gasteiger partial charge < -0.3 is 10.2 Å². The summed E-state index contributed by atoms with van der Waals surface area (Å²) in [6, 6.07) is 3.84. The van der Waals surface area contributed by atoms with Crippen LogP contribution in [0.5, 0.6) is 0 Å². The summed E-state index contributed by atoms with van der Waals surface area (Å²) in [6.45, 7) is 0. The molecule has 1 aromatic heterocycles. The molecule has 19 heavy (non-hydrogen) atoms. The molecule has 100 valence electrons. The number of hydrogen-bond acceptors (Lipinski definition) is 3. The molecule has 4 heteroatoms. The van der Waals surface area contributed by atoms with Gasteiger partial charge in [0.05, 0.1) is 5.69 Å². The van der Waals surface area contributed by atoms with Gasteiger partial charge in [0.15, 0.2) is 11.5 Å². The van der Waals surface area contributed by atoms with Crippen LogP contribution in [0.15, 0.2) is 21.0 Å². The van der Waals surface area contributed by atoms with Gasteiger partial charge in [0, 0.05) is 10.9 Å². The van der Waals surface area contributed by atoms with Gasteiger partial charge in [-0.1, -0.05) is 22.4 Å². The van der Waals surface area contributed by atoms with Crippen molar-refractivity contribution in [1.29, 1.82) is 0 Å². The number of anilines is 1. The second kappa shape index (κ2) is 4.23. The van der Waals surface area contributed by atoms with Crippen molar-refractivity contribution in [2.45, 2.75) is 32.1 Å². The molecule has 2 aliphatic rings. The predicted octanol–water partition coefficient (Wildman–Crippen LogP) is 4.15. The summed E-state index contributed by atoms with van der Waals surface area (Å²) in [7, 11) is 0. The van der Waals surface area contributed by atoms with Gasteiger partial charge in [0.1, 0.15) is 5.52 Å². The molecule has 2 saturated carbocycles. The summed E-state index contributed by atoms with van der Waals surface area (Å²) in [5.74, 6) is 3.51. The first-order valence-electron chi connectivity index (χ1n) is 7.03. The largest absolute Gasteiger partial charge is 0.439 e. The highest BCUT2D eigenvalue weighted by atomic mass is 79.9. The molecule has 1 aromatic carbocycles. The number of benzene rings is 1. The lowest BCUT2D eigenvalue weighted by atomic mass is 9.86. The molecule has 2 aliphatic carbocycles. The summed E-state index contributed by atoms with van der Waals surface area (Å²) in [5.41, 5.74) is 8.24. The zero-order valence-electron chi connectivity index (χ0n) is 10.7. The maximum absolute atomic E-state index is 5.98. The number of rotatable bonds is 2. The van der Waals surface area contributed by atoms with Crippen LogP contribution in [0.4, 0.5) is 5.69 Å². The average molecular weight is 321 g/mol. The Kier molecular flexibility index (Phi) is 2.62. The van der Waals surface area contributed by atoms with Crippen molar-refractivity contribution in [1.82, 2.24) is 4.98 Å². The van der Waals surface area contributed by atoms with Crippen LogP contribution in [0, 0.1) is 17.8 Å². The minimum absolute atomic E-state index is 0.663. The van der Waals surface area contributed by atoms with Gasteiger partial charge in [-0.3, -0.25) is 0 Å². The van der Waals surface area contributed by atoms with Crippen LogP contribution < -0.4 is 5.73 Å². The van der Waals surface area contributed by atoms with E-state index < -0.39 is 0 Å². The zero-order valence-corrected chi connectivity index (χ0v) is 12.3. The van der Waals surface area contributed by atoms with E-state index in [0.29, 0.717) is 5.69 Å². The van der Waals surface area contributed by atoms with Crippen LogP contribution in [0.25, 0.3) is 11.1 Å². The van der Waals surface area contributed by atoms with E-state index in [-0.39, 0.29) is 0 Å². The normalized spacial score (nSPS) is 29.4. The van der Waals surface area contributed by atoms with Crippen molar-refractivity contribution in [3.8, 4) is 0 Å². The number of nitrogens with two attached hydrogens (primary N) is 1. The Bertz CT molecular complexity index is 636. The average Bonchev–Trinajstić information content (AvgIpc) is 3.03. The van der Waals surface area contributed by atoms with E-state index in [0.717, 1.165) is 45.6 Å². The lowest BCUT2D eigenvalue weighted by Gasteiger charge is -2.19. The number of fused-ring (bicyclic) bond motifs is 3. The van der Waals surface area contributed by atoms with Crippen molar-refractivity contribution in [2.24, 2.45) is 17.8 Å². The van der Waals surface area contributed by atoms with Crippen molar-refractivity contribution in [3.63, 3.8) is 0 Å². The first kappa shape index (κ1) is 11.8. The van der Waals surface area contributed by atoms with Crippen LogP contribution in [0.1, 0.15) is 31.6 Å². The zero-order chi connectivity index (χ0) is 13.0. The molecule has 2 bridgehead atoms. The topological polar surface area (TPSA) is 52.0 Å². The molecule has 0 radical (unpaired) electrons. The number of hydrogen-bond donors (Lipinski definition) is 1. The van der Waals surface area contributed by atoms with Crippen molar-refractivity contribution in [3.05, 3.63) is 22.5 Å². The quantitative estimate of drug-likeness (QED) is 0.845. The smallest absolute Gasteiger partial charge is 0.195 e. The van der Waals surface area contributed by atoms with E-state index in [1.807, 2.05) is 12.1 Å². The van der Waals surface area contributed by atoms with Gasteiger partial charge in [-0.15, -0.1) is 0 Å². The molecule has 3 nitrogen and oxygen atoms in total. The molecule has 2 fully saturated rings. The summed E-state index contributed by atoms with van der Waals surface area (Å²) in [6.07, 6.45) is 6.62. The highest BCUT2D eigenvalue weighted by Crippen LogP contribution is 2.49. The first-order valence-corrected chi connectivity index (χ1v) is 7.83. The molecule has 3 atom stereocenters. The van der Waals surface area contributed by atoms with Gasteiger partial charge in [-0.25, -0.2) is 4.98 Å². The van der Waals surface area contributed by atoms with Crippen LogP contribution >= 0.6 is 15.9 Å². The molecular formula is C15H17BrN2O. The van der Waals surface area contributed by atoms with E-state index in [4.69, 9.17) is 10.2 Å². The Morgan fingerprint density at radius 3 is 2.95 bits per heavy atom. The fourth-order valence-electron chi connectivity index (χ4n) is 4.01. The summed E-state index contributed by atoms with van der Waals surface area (Å²) in [5, 5.41) is 0. The molecular weight excluding hydrogens is 304 g/mol. The molecule has 0 saturated heterocycles. The monoisotopic (exact) mass is 320 g/mol. The van der Waals surface area contributed by atoms with Crippen LogP contribution in [-0.2, 0) is 6.42 Å². The number of aromatic nitrogens is 1.